The summed E-state index contributed by atoms with van der Waals surface area (Å²) in [6, 6.07) is 70.7. The number of nitrogens with zero attached hydrogens (tertiary/aromatic N) is 1. The zero-order valence-corrected chi connectivity index (χ0v) is 31.6. The Morgan fingerprint density at radius 1 is 0.352 bits per heavy atom. The molecule has 9 rings (SSSR count). The minimum atomic E-state index is -0.0454. The lowest BCUT2D eigenvalue weighted by Gasteiger charge is -2.28. The van der Waals surface area contributed by atoms with Gasteiger partial charge in [0.1, 0.15) is 0 Å². The van der Waals surface area contributed by atoms with Crippen molar-refractivity contribution in [3.63, 3.8) is 0 Å². The molecule has 0 bridgehead atoms. The van der Waals surface area contributed by atoms with Crippen LogP contribution in [-0.2, 0) is 5.41 Å². The molecule has 260 valence electrons. The van der Waals surface area contributed by atoms with Crippen molar-refractivity contribution in [3.05, 3.63) is 200 Å². The molecule has 0 saturated heterocycles. The largest absolute Gasteiger partial charge is 0.311 e. The van der Waals surface area contributed by atoms with Gasteiger partial charge in [0.25, 0.3) is 0 Å². The van der Waals surface area contributed by atoms with Gasteiger partial charge in [-0.25, -0.2) is 0 Å². The van der Waals surface area contributed by atoms with Gasteiger partial charge in [0.15, 0.2) is 0 Å². The summed E-state index contributed by atoms with van der Waals surface area (Å²) >= 11 is 1.87. The first kappa shape index (κ1) is 33.6. The van der Waals surface area contributed by atoms with E-state index >= 15 is 0 Å². The first-order chi connectivity index (χ1) is 26.4. The highest BCUT2D eigenvalue weighted by Crippen LogP contribution is 2.43. The Bertz CT molecular complexity index is 2700. The van der Waals surface area contributed by atoms with Crippen LogP contribution >= 0.6 is 11.3 Å². The van der Waals surface area contributed by atoms with Gasteiger partial charge in [-0.1, -0.05) is 166 Å². The minimum Gasteiger partial charge on any atom is -0.311 e. The summed E-state index contributed by atoms with van der Waals surface area (Å²) in [5, 5.41) is 2.66. The van der Waals surface area contributed by atoms with Gasteiger partial charge in [-0.3, -0.25) is 0 Å². The van der Waals surface area contributed by atoms with Crippen LogP contribution in [0.2, 0.25) is 0 Å². The Labute approximate surface area is 322 Å². The number of thiophene rings is 1. The molecule has 0 N–H and O–H groups in total. The molecule has 0 amide bonds. The smallest absolute Gasteiger partial charge is 0.0462 e. The van der Waals surface area contributed by atoms with Crippen LogP contribution in [0, 0.1) is 0 Å². The highest BCUT2D eigenvalue weighted by atomic mass is 32.1. The number of anilines is 3. The molecule has 0 atom stereocenters. The monoisotopic (exact) mass is 711 g/mol. The third-order valence-electron chi connectivity index (χ3n) is 10.4. The molecule has 8 aromatic carbocycles. The molecule has 0 aliphatic carbocycles. The fourth-order valence-electron chi connectivity index (χ4n) is 7.84. The Morgan fingerprint density at radius 3 is 1.35 bits per heavy atom. The number of rotatable bonds is 7. The maximum Gasteiger partial charge on any atom is 0.0462 e. The quantitative estimate of drug-likeness (QED) is 0.159. The third kappa shape index (κ3) is 6.40. The van der Waals surface area contributed by atoms with Crippen LogP contribution in [-0.4, -0.2) is 0 Å². The highest BCUT2D eigenvalue weighted by Gasteiger charge is 2.24. The molecule has 54 heavy (non-hydrogen) atoms. The molecule has 1 nitrogen and oxygen atoms in total. The number of benzene rings is 8. The fraction of sp³-hybridized carbons (Fsp3) is 0.0769. The summed E-state index contributed by atoms with van der Waals surface area (Å²) in [4.78, 5) is 2.36. The second-order valence-corrected chi connectivity index (χ2v) is 16.1. The molecule has 9 aromatic rings. The molecule has 0 aliphatic rings. The van der Waals surface area contributed by atoms with E-state index in [1.165, 1.54) is 70.2 Å². The average molecular weight is 712 g/mol. The van der Waals surface area contributed by atoms with E-state index in [1.807, 2.05) is 11.3 Å². The molecular weight excluding hydrogens is 671 g/mol. The van der Waals surface area contributed by atoms with Crippen molar-refractivity contribution in [2.24, 2.45) is 0 Å². The van der Waals surface area contributed by atoms with Gasteiger partial charge in [-0.2, -0.15) is 0 Å². The Kier molecular flexibility index (Phi) is 8.69. The first-order valence-electron chi connectivity index (χ1n) is 18.7. The normalized spacial score (nSPS) is 11.6. The second-order valence-electron chi connectivity index (χ2n) is 15.0. The van der Waals surface area contributed by atoms with Crippen molar-refractivity contribution in [1.29, 1.82) is 0 Å². The number of hydrogen-bond acceptors (Lipinski definition) is 2. The molecule has 2 heteroatoms. The lowest BCUT2D eigenvalue weighted by Crippen LogP contribution is -2.14. The van der Waals surface area contributed by atoms with Gasteiger partial charge in [0.2, 0.25) is 0 Å². The van der Waals surface area contributed by atoms with E-state index in [-0.39, 0.29) is 5.41 Å². The standard InChI is InChI=1S/C52H41NS/c1-52(2,3)51-45(39-15-8-5-9-16-39)18-12-19-46(51)40-25-32-44(33-26-40)53(42-28-21-37(22-29-42)36-13-6-4-7-14-36)43-30-23-38(24-31-43)41-27-34-48-47-17-10-11-20-49(47)54-50(48)35-41/h4-35H,1-3H3. The zero-order valence-electron chi connectivity index (χ0n) is 30.8. The van der Waals surface area contributed by atoms with E-state index in [0.717, 1.165) is 17.1 Å². The van der Waals surface area contributed by atoms with Crippen molar-refractivity contribution in [2.75, 3.05) is 4.90 Å². The van der Waals surface area contributed by atoms with Crippen LogP contribution in [0.1, 0.15) is 26.3 Å². The average Bonchev–Trinajstić information content (AvgIpc) is 3.60. The molecule has 0 fully saturated rings. The predicted molar refractivity (Wildman–Crippen MR) is 234 cm³/mol. The molecule has 0 saturated carbocycles. The predicted octanol–water partition coefficient (Wildman–Crippen LogP) is 15.5. The third-order valence-corrected chi connectivity index (χ3v) is 11.5. The number of fused-ring (bicyclic) bond motifs is 3. The lowest BCUT2D eigenvalue weighted by molar-refractivity contribution is 0.593. The van der Waals surface area contributed by atoms with Crippen molar-refractivity contribution < 1.29 is 0 Å². The summed E-state index contributed by atoms with van der Waals surface area (Å²) in [6.07, 6.45) is 0. The minimum absolute atomic E-state index is 0.0454. The first-order valence-corrected chi connectivity index (χ1v) is 19.5. The molecule has 0 unspecified atom stereocenters. The highest BCUT2D eigenvalue weighted by molar-refractivity contribution is 7.25. The summed E-state index contributed by atoms with van der Waals surface area (Å²) in [5.41, 5.74) is 14.5. The van der Waals surface area contributed by atoms with Crippen molar-refractivity contribution in [3.8, 4) is 44.5 Å². The van der Waals surface area contributed by atoms with Crippen LogP contribution in [0.5, 0.6) is 0 Å². The van der Waals surface area contributed by atoms with Crippen molar-refractivity contribution in [2.45, 2.75) is 26.2 Å². The van der Waals surface area contributed by atoms with Gasteiger partial charge in [0.05, 0.1) is 0 Å². The van der Waals surface area contributed by atoms with Gasteiger partial charge in [0, 0.05) is 37.2 Å². The van der Waals surface area contributed by atoms with Crippen LogP contribution in [0.15, 0.2) is 194 Å². The van der Waals surface area contributed by atoms with Crippen molar-refractivity contribution >= 4 is 48.6 Å². The van der Waals surface area contributed by atoms with Gasteiger partial charge in [-0.05, 0) is 104 Å². The van der Waals surface area contributed by atoms with E-state index in [4.69, 9.17) is 0 Å². The maximum atomic E-state index is 2.36. The van der Waals surface area contributed by atoms with Crippen molar-refractivity contribution in [1.82, 2.24) is 0 Å². The topological polar surface area (TPSA) is 3.24 Å². The fourth-order valence-corrected chi connectivity index (χ4v) is 8.98. The molecule has 0 aliphatic heterocycles. The lowest BCUT2D eigenvalue weighted by atomic mass is 9.77. The van der Waals surface area contributed by atoms with Gasteiger partial charge < -0.3 is 4.90 Å². The van der Waals surface area contributed by atoms with Crippen LogP contribution in [0.25, 0.3) is 64.7 Å². The Morgan fingerprint density at radius 2 is 0.778 bits per heavy atom. The van der Waals surface area contributed by atoms with Crippen LogP contribution < -0.4 is 4.90 Å². The molecule has 0 radical (unpaired) electrons. The van der Waals surface area contributed by atoms with E-state index in [0.29, 0.717) is 0 Å². The Balaban J connectivity index is 1.10. The SMILES string of the molecule is CC(C)(C)c1c(-c2ccccc2)cccc1-c1ccc(N(c2ccc(-c3ccccc3)cc2)c2ccc(-c3ccc4c(c3)sc3ccccc34)cc2)cc1. The van der Waals surface area contributed by atoms with Gasteiger partial charge in [-0.15, -0.1) is 11.3 Å². The zero-order chi connectivity index (χ0) is 36.6. The van der Waals surface area contributed by atoms with E-state index in [2.05, 4.69) is 220 Å². The van der Waals surface area contributed by atoms with E-state index in [1.54, 1.807) is 0 Å². The maximum absolute atomic E-state index is 2.36. The molecule has 0 spiro atoms. The second kappa shape index (κ2) is 14.0. The van der Waals surface area contributed by atoms with Crippen LogP contribution in [0.4, 0.5) is 17.1 Å². The Hall–Kier alpha value is -6.22. The summed E-state index contributed by atoms with van der Waals surface area (Å²) in [7, 11) is 0. The molecule has 1 aromatic heterocycles. The van der Waals surface area contributed by atoms with E-state index < -0.39 is 0 Å². The summed E-state index contributed by atoms with van der Waals surface area (Å²) < 4.78 is 2.65. The summed E-state index contributed by atoms with van der Waals surface area (Å²) in [6.45, 7) is 6.95. The van der Waals surface area contributed by atoms with E-state index in [9.17, 15) is 0 Å². The number of hydrogen-bond donors (Lipinski definition) is 0. The molecular formula is C52H41NS. The summed E-state index contributed by atoms with van der Waals surface area (Å²) in [5.74, 6) is 0. The van der Waals surface area contributed by atoms with Gasteiger partial charge >= 0.3 is 0 Å². The molecule has 1 heterocycles. The van der Waals surface area contributed by atoms with Crippen LogP contribution in [0.3, 0.4) is 0 Å².